The summed E-state index contributed by atoms with van der Waals surface area (Å²) in [6.45, 7) is -0.475. The molecule has 136 valence electrons. The molecule has 0 aromatic heterocycles. The van der Waals surface area contributed by atoms with Gasteiger partial charge in [0.05, 0.1) is 30.4 Å². The number of esters is 1. The van der Waals surface area contributed by atoms with Crippen LogP contribution in [0.3, 0.4) is 0 Å². The number of methoxy groups -OCH3 is 2. The highest BCUT2D eigenvalue weighted by Crippen LogP contribution is 2.26. The van der Waals surface area contributed by atoms with Crippen LogP contribution in [0.2, 0.25) is 0 Å². The van der Waals surface area contributed by atoms with Gasteiger partial charge in [-0.3, -0.25) is 14.9 Å². The van der Waals surface area contributed by atoms with Gasteiger partial charge in [-0.1, -0.05) is 12.1 Å². The van der Waals surface area contributed by atoms with Crippen LogP contribution in [0.25, 0.3) is 0 Å². The Morgan fingerprint density at radius 1 is 1.15 bits per heavy atom. The molecule has 2 aromatic carbocycles. The topological polar surface area (TPSA) is 117 Å². The van der Waals surface area contributed by atoms with Crippen LogP contribution in [0.15, 0.2) is 42.5 Å². The van der Waals surface area contributed by atoms with Crippen molar-refractivity contribution in [2.45, 2.75) is 0 Å². The number of carbonyl (C=O) groups excluding carboxylic acids is 2. The zero-order valence-electron chi connectivity index (χ0n) is 14.1. The highest BCUT2D eigenvalue weighted by Gasteiger charge is 2.18. The molecule has 1 amide bonds. The van der Waals surface area contributed by atoms with Gasteiger partial charge in [0.1, 0.15) is 5.75 Å². The molecule has 1 N–H and O–H groups in total. The summed E-state index contributed by atoms with van der Waals surface area (Å²) in [7, 11) is 2.65. The summed E-state index contributed by atoms with van der Waals surface area (Å²) in [5.74, 6) is -0.868. The predicted molar refractivity (Wildman–Crippen MR) is 91.6 cm³/mol. The molecule has 0 unspecified atom stereocenters. The van der Waals surface area contributed by atoms with Gasteiger partial charge in [0.15, 0.2) is 12.4 Å². The molecule has 0 saturated carbocycles. The number of nitrogens with zero attached hydrogens (tertiary/aromatic N) is 1. The molecule has 2 aromatic rings. The van der Waals surface area contributed by atoms with Crippen LogP contribution in [0, 0.1) is 10.1 Å². The molecule has 0 bridgehead atoms. The average molecular weight is 360 g/mol. The van der Waals surface area contributed by atoms with Crippen molar-refractivity contribution >= 4 is 23.3 Å². The van der Waals surface area contributed by atoms with E-state index in [1.54, 1.807) is 12.1 Å². The number of anilines is 1. The second-order valence-corrected chi connectivity index (χ2v) is 4.96. The molecular formula is C17H16N2O7. The minimum absolute atomic E-state index is 0.0319. The Balaban J connectivity index is 2.11. The van der Waals surface area contributed by atoms with E-state index in [0.717, 1.165) is 0 Å². The predicted octanol–water partition coefficient (Wildman–Crippen LogP) is 2.41. The number of para-hydroxylation sites is 2. The Morgan fingerprint density at radius 2 is 1.88 bits per heavy atom. The molecule has 0 aliphatic heterocycles. The van der Waals surface area contributed by atoms with E-state index in [1.807, 2.05) is 0 Å². The first-order valence-corrected chi connectivity index (χ1v) is 7.38. The Kier molecular flexibility index (Phi) is 6.10. The molecule has 0 aliphatic carbocycles. The molecule has 26 heavy (non-hydrogen) atoms. The van der Waals surface area contributed by atoms with Gasteiger partial charge in [0.25, 0.3) is 5.91 Å². The molecule has 0 atom stereocenters. The normalized spacial score (nSPS) is 9.92. The first-order chi connectivity index (χ1) is 12.5. The third kappa shape index (κ3) is 4.47. The van der Waals surface area contributed by atoms with Crippen molar-refractivity contribution in [2.75, 3.05) is 26.1 Å². The van der Waals surface area contributed by atoms with Crippen LogP contribution in [0.4, 0.5) is 11.4 Å². The molecule has 0 fully saturated rings. The number of amides is 1. The van der Waals surface area contributed by atoms with Crippen molar-refractivity contribution in [3.8, 4) is 11.5 Å². The smallest absolute Gasteiger partial charge is 0.340 e. The van der Waals surface area contributed by atoms with Gasteiger partial charge in [-0.15, -0.1) is 0 Å². The van der Waals surface area contributed by atoms with Crippen LogP contribution < -0.4 is 14.8 Å². The van der Waals surface area contributed by atoms with Crippen LogP contribution in [0.5, 0.6) is 11.5 Å². The van der Waals surface area contributed by atoms with E-state index < -0.39 is 23.4 Å². The zero-order valence-corrected chi connectivity index (χ0v) is 14.1. The van der Waals surface area contributed by atoms with Gasteiger partial charge >= 0.3 is 11.7 Å². The lowest BCUT2D eigenvalue weighted by Crippen LogP contribution is -2.22. The fraction of sp³-hybridized carbons (Fsp3) is 0.176. The number of carbonyl (C=O) groups is 2. The van der Waals surface area contributed by atoms with Crippen LogP contribution in [-0.2, 0) is 9.53 Å². The third-order valence-electron chi connectivity index (χ3n) is 3.33. The lowest BCUT2D eigenvalue weighted by molar-refractivity contribution is -0.385. The molecule has 9 heteroatoms. The highest BCUT2D eigenvalue weighted by molar-refractivity contribution is 6.02. The SMILES string of the molecule is COC(=O)c1cc(OC)ccc1NC(=O)COc1ccccc1[N+](=O)[O-]. The standard InChI is InChI=1S/C17H16N2O7/c1-24-11-7-8-13(12(9-11)17(21)25-2)18-16(20)10-26-15-6-4-3-5-14(15)19(22)23/h3-9H,10H2,1-2H3,(H,18,20). The molecule has 0 saturated heterocycles. The van der Waals surface area contributed by atoms with Crippen molar-refractivity contribution in [3.63, 3.8) is 0 Å². The molecule has 0 radical (unpaired) electrons. The number of nitrogens with one attached hydrogen (secondary N) is 1. The average Bonchev–Trinajstić information content (AvgIpc) is 2.66. The fourth-order valence-electron chi connectivity index (χ4n) is 2.10. The number of benzene rings is 2. The van der Waals surface area contributed by atoms with Gasteiger partial charge in [-0.25, -0.2) is 4.79 Å². The number of nitro groups is 1. The van der Waals surface area contributed by atoms with Gasteiger partial charge in [-0.2, -0.15) is 0 Å². The van der Waals surface area contributed by atoms with E-state index >= 15 is 0 Å². The molecule has 2 rings (SSSR count). The lowest BCUT2D eigenvalue weighted by Gasteiger charge is -2.12. The molecule has 0 heterocycles. The Labute approximate surface area is 148 Å². The quantitative estimate of drug-likeness (QED) is 0.458. The van der Waals surface area contributed by atoms with E-state index in [-0.39, 0.29) is 22.7 Å². The monoisotopic (exact) mass is 360 g/mol. The molecular weight excluding hydrogens is 344 g/mol. The number of ether oxygens (including phenoxy) is 3. The summed E-state index contributed by atoms with van der Waals surface area (Å²) in [6, 6.07) is 10.2. The van der Waals surface area contributed by atoms with Gasteiger partial charge < -0.3 is 19.5 Å². The van der Waals surface area contributed by atoms with Crippen molar-refractivity contribution in [3.05, 3.63) is 58.1 Å². The van der Waals surface area contributed by atoms with Gasteiger partial charge in [0, 0.05) is 6.07 Å². The van der Waals surface area contributed by atoms with E-state index in [1.165, 1.54) is 44.6 Å². The summed E-state index contributed by atoms with van der Waals surface area (Å²) in [6.07, 6.45) is 0. The minimum atomic E-state index is -0.654. The third-order valence-corrected chi connectivity index (χ3v) is 3.33. The first-order valence-electron chi connectivity index (χ1n) is 7.38. The van der Waals surface area contributed by atoms with E-state index in [2.05, 4.69) is 10.1 Å². The second kappa shape index (κ2) is 8.47. The largest absolute Gasteiger partial charge is 0.497 e. The maximum Gasteiger partial charge on any atom is 0.340 e. The van der Waals surface area contributed by atoms with Crippen LogP contribution in [0.1, 0.15) is 10.4 Å². The number of nitro benzene ring substituents is 1. The van der Waals surface area contributed by atoms with Crippen LogP contribution in [-0.4, -0.2) is 37.6 Å². The van der Waals surface area contributed by atoms with Crippen molar-refractivity contribution in [1.82, 2.24) is 0 Å². The Hall–Kier alpha value is -3.62. The Bertz CT molecular complexity index is 836. The summed E-state index contributed by atoms with van der Waals surface area (Å²) in [5.41, 5.74) is 0.0553. The maximum atomic E-state index is 12.1. The summed E-state index contributed by atoms with van der Waals surface area (Å²) >= 11 is 0. The summed E-state index contributed by atoms with van der Waals surface area (Å²) in [5, 5.41) is 13.4. The van der Waals surface area contributed by atoms with Crippen molar-refractivity contribution in [1.29, 1.82) is 0 Å². The molecule has 0 spiro atoms. The Morgan fingerprint density at radius 3 is 2.54 bits per heavy atom. The number of hydrogen-bond donors (Lipinski definition) is 1. The summed E-state index contributed by atoms with van der Waals surface area (Å²) < 4.78 is 14.9. The highest BCUT2D eigenvalue weighted by atomic mass is 16.6. The maximum absolute atomic E-state index is 12.1. The van der Waals surface area contributed by atoms with E-state index in [4.69, 9.17) is 9.47 Å². The zero-order chi connectivity index (χ0) is 19.1. The molecule has 0 aliphatic rings. The minimum Gasteiger partial charge on any atom is -0.497 e. The number of rotatable bonds is 7. The van der Waals surface area contributed by atoms with Gasteiger partial charge in [0.2, 0.25) is 0 Å². The number of hydrogen-bond acceptors (Lipinski definition) is 7. The fourth-order valence-corrected chi connectivity index (χ4v) is 2.10. The lowest BCUT2D eigenvalue weighted by atomic mass is 10.1. The van der Waals surface area contributed by atoms with E-state index in [0.29, 0.717) is 5.75 Å². The van der Waals surface area contributed by atoms with Crippen molar-refractivity contribution < 1.29 is 28.7 Å². The second-order valence-electron chi connectivity index (χ2n) is 4.96. The van der Waals surface area contributed by atoms with Crippen molar-refractivity contribution in [2.24, 2.45) is 0 Å². The first kappa shape index (κ1) is 18.7. The van der Waals surface area contributed by atoms with Gasteiger partial charge in [-0.05, 0) is 24.3 Å². The molecule has 9 nitrogen and oxygen atoms in total. The summed E-state index contributed by atoms with van der Waals surface area (Å²) in [4.78, 5) is 34.3. The van der Waals surface area contributed by atoms with Crippen LogP contribution >= 0.6 is 0 Å². The van der Waals surface area contributed by atoms with E-state index in [9.17, 15) is 19.7 Å².